The number of carboxylic acid groups (broad SMARTS) is 1. The lowest BCUT2D eigenvalue weighted by Crippen LogP contribution is -2.70. The van der Waals surface area contributed by atoms with Gasteiger partial charge in [-0.15, -0.1) is 11.8 Å². The Balaban J connectivity index is 1.75. The summed E-state index contributed by atoms with van der Waals surface area (Å²) in [5, 5.41) is 15.0. The number of thioether (sulfide) groups is 1. The zero-order chi connectivity index (χ0) is 24.5. The number of esters is 1. The smallest absolute Gasteiger partial charge is 0.352 e. The molecule has 2 aliphatic rings. The zero-order valence-corrected chi connectivity index (χ0v) is 19.7. The van der Waals surface area contributed by atoms with Crippen molar-refractivity contribution in [3.63, 3.8) is 0 Å². The SMILES string of the molecule is CC(O/N=C(\C(=O)NC1C(=O)N2C(C(=O)O)=CCS[C@H]12)c1nsc(N)n1)C(=O)OC(C)(C)C. The van der Waals surface area contributed by atoms with Gasteiger partial charge < -0.3 is 25.7 Å². The molecule has 0 aliphatic carbocycles. The summed E-state index contributed by atoms with van der Waals surface area (Å²) in [7, 11) is 0. The zero-order valence-electron chi connectivity index (χ0n) is 18.1. The highest BCUT2D eigenvalue weighted by atomic mass is 32.2. The van der Waals surface area contributed by atoms with Crippen LogP contribution >= 0.6 is 23.3 Å². The monoisotopic (exact) mass is 498 g/mol. The van der Waals surface area contributed by atoms with E-state index in [4.69, 9.17) is 15.3 Å². The third-order valence-corrected chi connectivity index (χ3v) is 5.99. The third-order valence-electron chi connectivity index (χ3n) is 4.26. The molecule has 1 aromatic rings. The number of amides is 2. The Morgan fingerprint density at radius 3 is 2.67 bits per heavy atom. The van der Waals surface area contributed by atoms with Crippen molar-refractivity contribution in [1.82, 2.24) is 19.6 Å². The van der Waals surface area contributed by atoms with Crippen LogP contribution in [0.1, 0.15) is 33.5 Å². The van der Waals surface area contributed by atoms with Gasteiger partial charge in [0.05, 0.1) is 0 Å². The summed E-state index contributed by atoms with van der Waals surface area (Å²) in [5.41, 5.74) is 4.31. The summed E-state index contributed by atoms with van der Waals surface area (Å²) < 4.78 is 9.14. The van der Waals surface area contributed by atoms with E-state index in [1.54, 1.807) is 20.8 Å². The van der Waals surface area contributed by atoms with Gasteiger partial charge in [0.1, 0.15) is 22.7 Å². The molecule has 3 rings (SSSR count). The van der Waals surface area contributed by atoms with Crippen LogP contribution in [0.25, 0.3) is 0 Å². The predicted octanol–water partition coefficient (Wildman–Crippen LogP) is -0.0604. The van der Waals surface area contributed by atoms with E-state index in [1.807, 2.05) is 0 Å². The molecule has 2 amide bonds. The fourth-order valence-electron chi connectivity index (χ4n) is 2.82. The average molecular weight is 499 g/mol. The van der Waals surface area contributed by atoms with Gasteiger partial charge in [-0.25, -0.2) is 9.59 Å². The lowest BCUT2D eigenvalue weighted by Gasteiger charge is -2.48. The first kappa shape index (κ1) is 24.4. The standard InChI is InChI=1S/C18H22N6O7S2/c1-7(16(29)30-18(2,3)4)31-22-9(11-21-17(19)33-23-11)12(25)20-10-13(26)24-8(15(27)28)5-6-32-14(10)24/h5,7,10,14H,6H2,1-4H3,(H,20,25)(H,27,28)(H2,19,21,23)/b22-9-/t7?,10?,14-/m1/s1. The fraction of sp³-hybridized carbons (Fsp3) is 0.500. The number of rotatable bonds is 7. The number of ether oxygens (including phenoxy) is 1. The first-order chi connectivity index (χ1) is 15.4. The maximum absolute atomic E-state index is 12.9. The molecule has 0 bridgehead atoms. The van der Waals surface area contributed by atoms with Gasteiger partial charge in [-0.05, 0) is 33.8 Å². The van der Waals surface area contributed by atoms with Crippen LogP contribution < -0.4 is 11.1 Å². The topological polar surface area (TPSA) is 186 Å². The molecule has 2 aliphatic heterocycles. The number of carbonyl (C=O) groups excluding carboxylic acids is 3. The number of carbonyl (C=O) groups is 4. The molecule has 2 unspecified atom stereocenters. The van der Waals surface area contributed by atoms with Gasteiger partial charge in [-0.2, -0.15) is 9.36 Å². The summed E-state index contributed by atoms with van der Waals surface area (Å²) >= 11 is 2.11. The number of fused-ring (bicyclic) bond motifs is 1. The minimum Gasteiger partial charge on any atom is -0.477 e. The molecule has 4 N–H and O–H groups in total. The van der Waals surface area contributed by atoms with E-state index in [1.165, 1.54) is 24.8 Å². The second-order valence-corrected chi connectivity index (χ2v) is 9.89. The Hall–Kier alpha value is -3.20. The molecule has 33 heavy (non-hydrogen) atoms. The van der Waals surface area contributed by atoms with Crippen molar-refractivity contribution < 1.29 is 33.9 Å². The highest BCUT2D eigenvalue weighted by Crippen LogP contribution is 2.37. The molecule has 3 heterocycles. The number of aliphatic carboxylic acids is 1. The lowest BCUT2D eigenvalue weighted by molar-refractivity contribution is -0.167. The van der Waals surface area contributed by atoms with Crippen molar-refractivity contribution in [2.75, 3.05) is 11.5 Å². The summed E-state index contributed by atoms with van der Waals surface area (Å²) in [4.78, 5) is 59.1. The van der Waals surface area contributed by atoms with Gasteiger partial charge in [-0.3, -0.25) is 14.5 Å². The number of nitrogen functional groups attached to an aromatic ring is 1. The van der Waals surface area contributed by atoms with Crippen molar-refractivity contribution in [2.24, 2.45) is 5.16 Å². The second kappa shape index (κ2) is 9.35. The Morgan fingerprint density at radius 2 is 2.09 bits per heavy atom. The van der Waals surface area contributed by atoms with Crippen LogP contribution in [-0.2, 0) is 28.8 Å². The molecule has 1 aromatic heterocycles. The second-order valence-electron chi connectivity index (χ2n) is 7.96. The van der Waals surface area contributed by atoms with Crippen LogP contribution in [0.4, 0.5) is 5.13 Å². The highest BCUT2D eigenvalue weighted by Gasteiger charge is 2.53. The Kier molecular flexibility index (Phi) is 6.92. The van der Waals surface area contributed by atoms with E-state index in [9.17, 15) is 24.3 Å². The number of nitrogens with zero attached hydrogens (tertiary/aromatic N) is 4. The number of hydrogen-bond donors (Lipinski definition) is 3. The molecule has 0 aromatic carbocycles. The largest absolute Gasteiger partial charge is 0.477 e. The van der Waals surface area contributed by atoms with E-state index in [0.29, 0.717) is 5.75 Å². The van der Waals surface area contributed by atoms with Gasteiger partial charge >= 0.3 is 11.9 Å². The number of anilines is 1. The quantitative estimate of drug-likeness (QED) is 0.198. The summed E-state index contributed by atoms with van der Waals surface area (Å²) in [5.74, 6) is -3.15. The molecule has 15 heteroatoms. The molecular formula is C18H22N6O7S2. The molecule has 0 radical (unpaired) electrons. The van der Waals surface area contributed by atoms with E-state index < -0.39 is 52.6 Å². The van der Waals surface area contributed by atoms with Crippen molar-refractivity contribution in [1.29, 1.82) is 0 Å². The number of β-lactam (4-membered cyclic amide) rings is 1. The third kappa shape index (κ3) is 5.42. The van der Waals surface area contributed by atoms with Crippen LogP contribution in [0.3, 0.4) is 0 Å². The Bertz CT molecular complexity index is 1050. The predicted molar refractivity (Wildman–Crippen MR) is 118 cm³/mol. The van der Waals surface area contributed by atoms with Gasteiger partial charge in [0.15, 0.2) is 5.13 Å². The number of hydrogen-bond acceptors (Lipinski definition) is 12. The summed E-state index contributed by atoms with van der Waals surface area (Å²) in [6.07, 6.45) is 0.279. The number of nitrogens with two attached hydrogens (primary N) is 1. The maximum atomic E-state index is 12.9. The first-order valence-corrected chi connectivity index (χ1v) is 11.5. The molecule has 1 saturated heterocycles. The van der Waals surface area contributed by atoms with Gasteiger partial charge in [0.25, 0.3) is 11.8 Å². The highest BCUT2D eigenvalue weighted by molar-refractivity contribution is 8.00. The molecule has 0 saturated carbocycles. The van der Waals surface area contributed by atoms with Crippen molar-refractivity contribution in [3.8, 4) is 0 Å². The van der Waals surface area contributed by atoms with Crippen LogP contribution in [0.2, 0.25) is 0 Å². The summed E-state index contributed by atoms with van der Waals surface area (Å²) in [6.45, 7) is 6.46. The number of oxime groups is 1. The van der Waals surface area contributed by atoms with E-state index >= 15 is 0 Å². The number of aromatic nitrogens is 2. The molecule has 1 fully saturated rings. The molecular weight excluding hydrogens is 476 g/mol. The van der Waals surface area contributed by atoms with Gasteiger partial charge in [-0.1, -0.05) is 5.16 Å². The Labute approximate surface area is 196 Å². The number of carboxylic acids is 1. The number of nitrogens with one attached hydrogen (secondary N) is 1. The minimum absolute atomic E-state index is 0.0654. The molecule has 13 nitrogen and oxygen atoms in total. The van der Waals surface area contributed by atoms with E-state index in [-0.39, 0.29) is 16.7 Å². The Morgan fingerprint density at radius 1 is 1.39 bits per heavy atom. The van der Waals surface area contributed by atoms with E-state index in [2.05, 4.69) is 19.8 Å². The van der Waals surface area contributed by atoms with Crippen molar-refractivity contribution >= 4 is 57.9 Å². The molecule has 0 spiro atoms. The van der Waals surface area contributed by atoms with Crippen LogP contribution in [0.15, 0.2) is 16.9 Å². The normalized spacial score (nSPS) is 21.3. The molecule has 178 valence electrons. The minimum atomic E-state index is -1.23. The van der Waals surface area contributed by atoms with Crippen molar-refractivity contribution in [3.05, 3.63) is 17.6 Å². The van der Waals surface area contributed by atoms with Crippen molar-refractivity contribution in [2.45, 2.75) is 50.8 Å². The van der Waals surface area contributed by atoms with Crippen LogP contribution in [-0.4, -0.2) is 77.7 Å². The van der Waals surface area contributed by atoms with Crippen LogP contribution in [0.5, 0.6) is 0 Å². The fourth-order valence-corrected chi connectivity index (χ4v) is 4.45. The molecule has 3 atom stereocenters. The first-order valence-electron chi connectivity index (χ1n) is 9.64. The lowest BCUT2D eigenvalue weighted by atomic mass is 10.0. The van der Waals surface area contributed by atoms with Crippen LogP contribution in [0, 0.1) is 0 Å². The van der Waals surface area contributed by atoms with Gasteiger partial charge in [0.2, 0.25) is 17.6 Å². The van der Waals surface area contributed by atoms with Gasteiger partial charge in [0, 0.05) is 17.3 Å². The maximum Gasteiger partial charge on any atom is 0.352 e. The summed E-state index contributed by atoms with van der Waals surface area (Å²) in [6, 6.07) is -0.991. The average Bonchev–Trinajstić information content (AvgIpc) is 3.15. The van der Waals surface area contributed by atoms with E-state index in [0.717, 1.165) is 16.4 Å².